The maximum absolute atomic E-state index is 5.34. The molecule has 0 bridgehead atoms. The molecule has 0 radical (unpaired) electrons. The Morgan fingerprint density at radius 2 is 2.50 bits per heavy atom. The van der Waals surface area contributed by atoms with Gasteiger partial charge in [0.1, 0.15) is 17.1 Å². The number of hydrogen-bond acceptors (Lipinski definition) is 4. The van der Waals surface area contributed by atoms with Crippen LogP contribution in [0, 0.1) is 0 Å². The molecule has 2 saturated heterocycles. The van der Waals surface area contributed by atoms with Gasteiger partial charge in [-0.3, -0.25) is 0 Å². The van der Waals surface area contributed by atoms with Crippen LogP contribution in [0.25, 0.3) is 0 Å². The van der Waals surface area contributed by atoms with Crippen LogP contribution in [0.15, 0.2) is 11.8 Å². The van der Waals surface area contributed by atoms with Crippen molar-refractivity contribution in [3.8, 4) is 0 Å². The third kappa shape index (κ3) is 0.575. The summed E-state index contributed by atoms with van der Waals surface area (Å²) in [5.41, 5.74) is 0. The van der Waals surface area contributed by atoms with Gasteiger partial charge < -0.3 is 8.37 Å². The van der Waals surface area contributed by atoms with Crippen molar-refractivity contribution in [1.29, 1.82) is 0 Å². The molecule has 0 aromatic heterocycles. The van der Waals surface area contributed by atoms with Crippen molar-refractivity contribution in [2.45, 2.75) is 23.0 Å². The molecule has 0 N–H and O–H groups in total. The Balaban J connectivity index is 1.91. The molecule has 0 spiro atoms. The van der Waals surface area contributed by atoms with E-state index in [0.717, 1.165) is 12.2 Å². The highest BCUT2D eigenvalue weighted by Gasteiger charge is 2.50. The van der Waals surface area contributed by atoms with Crippen molar-refractivity contribution in [1.82, 2.24) is 0 Å². The van der Waals surface area contributed by atoms with Crippen molar-refractivity contribution >= 4 is 24.1 Å². The minimum atomic E-state index is 0.448. The number of allylic oxidation sites excluding steroid dienone is 1. The maximum Gasteiger partial charge on any atom is 0.130 e. The van der Waals surface area contributed by atoms with Crippen LogP contribution in [-0.2, 0) is 8.37 Å². The predicted molar refractivity (Wildman–Crippen MR) is 41.4 cm³/mol. The summed E-state index contributed by atoms with van der Waals surface area (Å²) in [4.78, 5) is 0. The zero-order valence-electron chi connectivity index (χ0n) is 5.15. The molecule has 3 rings (SSSR count). The first kappa shape index (κ1) is 5.80. The second-order valence-electron chi connectivity index (χ2n) is 2.64. The van der Waals surface area contributed by atoms with Crippen LogP contribution in [0.4, 0.5) is 0 Å². The topological polar surface area (TPSA) is 18.5 Å². The summed E-state index contributed by atoms with van der Waals surface area (Å²) in [5, 5.41) is 1.24. The monoisotopic (exact) mass is 174 g/mol. The van der Waals surface area contributed by atoms with Gasteiger partial charge in [-0.05, 0) is 24.5 Å². The molecule has 3 unspecified atom stereocenters. The first-order valence-corrected chi connectivity index (χ1v) is 4.91. The van der Waals surface area contributed by atoms with E-state index in [0.29, 0.717) is 16.6 Å². The number of hydrogen-bond donors (Lipinski definition) is 0. The van der Waals surface area contributed by atoms with E-state index in [1.165, 1.54) is 0 Å². The van der Waals surface area contributed by atoms with E-state index in [1.54, 1.807) is 24.1 Å². The van der Waals surface area contributed by atoms with E-state index >= 15 is 0 Å². The van der Waals surface area contributed by atoms with E-state index in [2.05, 4.69) is 6.08 Å². The molecular formula is C6H6O2S2. The average molecular weight is 174 g/mol. The van der Waals surface area contributed by atoms with Crippen molar-refractivity contribution in [3.63, 3.8) is 0 Å². The first-order valence-electron chi connectivity index (χ1n) is 3.31. The minimum Gasteiger partial charge on any atom is -0.428 e. The number of fused-ring (bicyclic) bond motifs is 3. The molecule has 0 aromatic carbocycles. The SMILES string of the molecule is C1=C2OSC2C2OSC2C1. The Bertz CT molecular complexity index is 204. The molecule has 3 aliphatic rings. The van der Waals surface area contributed by atoms with Gasteiger partial charge in [0, 0.05) is 0 Å². The molecular weight excluding hydrogens is 168 g/mol. The van der Waals surface area contributed by atoms with Crippen LogP contribution in [0.5, 0.6) is 0 Å². The van der Waals surface area contributed by atoms with Crippen molar-refractivity contribution in [3.05, 3.63) is 11.8 Å². The third-order valence-corrected chi connectivity index (χ3v) is 4.07. The zero-order valence-corrected chi connectivity index (χ0v) is 6.78. The van der Waals surface area contributed by atoms with Gasteiger partial charge in [0.05, 0.1) is 17.3 Å². The van der Waals surface area contributed by atoms with E-state index < -0.39 is 0 Å². The summed E-state index contributed by atoms with van der Waals surface area (Å²) in [7, 11) is 0. The summed E-state index contributed by atoms with van der Waals surface area (Å²) in [6.45, 7) is 0. The van der Waals surface area contributed by atoms with Gasteiger partial charge in [-0.1, -0.05) is 0 Å². The fourth-order valence-electron chi connectivity index (χ4n) is 1.38. The van der Waals surface area contributed by atoms with E-state index in [-0.39, 0.29) is 0 Å². The molecule has 2 heterocycles. The minimum absolute atomic E-state index is 0.448. The Morgan fingerprint density at radius 3 is 3.00 bits per heavy atom. The van der Waals surface area contributed by atoms with Gasteiger partial charge in [0.15, 0.2) is 0 Å². The summed E-state index contributed by atoms with van der Waals surface area (Å²) in [6, 6.07) is 0. The molecule has 0 aromatic rings. The predicted octanol–water partition coefficient (Wildman–Crippen LogP) is 1.74. The fraction of sp³-hybridized carbons (Fsp3) is 0.667. The number of rotatable bonds is 0. The Labute approximate surface area is 67.7 Å². The molecule has 10 heavy (non-hydrogen) atoms. The molecule has 2 nitrogen and oxygen atoms in total. The molecule has 54 valence electrons. The zero-order chi connectivity index (χ0) is 6.55. The molecule has 3 atom stereocenters. The van der Waals surface area contributed by atoms with Crippen molar-refractivity contribution < 1.29 is 8.37 Å². The van der Waals surface area contributed by atoms with E-state index in [9.17, 15) is 0 Å². The van der Waals surface area contributed by atoms with Crippen molar-refractivity contribution in [2.24, 2.45) is 0 Å². The van der Waals surface area contributed by atoms with E-state index in [1.807, 2.05) is 0 Å². The Kier molecular flexibility index (Phi) is 1.08. The van der Waals surface area contributed by atoms with Crippen LogP contribution in [0.1, 0.15) is 6.42 Å². The molecule has 1 aliphatic carbocycles. The standard InChI is InChI=1S/C6H6O2S2/c1-2-4-5(8-9-4)6-3(1)7-10-6/h1,4-6H,2H2. The lowest BCUT2D eigenvalue weighted by Crippen LogP contribution is -2.49. The van der Waals surface area contributed by atoms with Gasteiger partial charge in [-0.2, -0.15) is 0 Å². The molecule has 4 heteroatoms. The molecule has 0 saturated carbocycles. The van der Waals surface area contributed by atoms with Gasteiger partial charge in [0.25, 0.3) is 0 Å². The second-order valence-corrected chi connectivity index (χ2v) is 4.50. The average Bonchev–Trinajstić information content (AvgIpc) is 1.84. The van der Waals surface area contributed by atoms with Crippen LogP contribution in [0.3, 0.4) is 0 Å². The summed E-state index contributed by atoms with van der Waals surface area (Å²) in [5.74, 6) is 1.14. The molecule has 2 fully saturated rings. The van der Waals surface area contributed by atoms with Gasteiger partial charge in [0.2, 0.25) is 0 Å². The highest BCUT2D eigenvalue weighted by Crippen LogP contribution is 2.52. The van der Waals surface area contributed by atoms with Gasteiger partial charge in [-0.25, -0.2) is 0 Å². The van der Waals surface area contributed by atoms with Gasteiger partial charge in [-0.15, -0.1) is 0 Å². The largest absolute Gasteiger partial charge is 0.428 e. The highest BCUT2D eigenvalue weighted by atomic mass is 32.2. The smallest absolute Gasteiger partial charge is 0.130 e. The second kappa shape index (κ2) is 1.87. The fourth-order valence-corrected chi connectivity index (χ4v) is 3.22. The van der Waals surface area contributed by atoms with Crippen LogP contribution in [0.2, 0.25) is 0 Å². The summed E-state index contributed by atoms with van der Waals surface area (Å²) in [6.07, 6.45) is 3.77. The Morgan fingerprint density at radius 1 is 1.50 bits per heavy atom. The summed E-state index contributed by atoms with van der Waals surface area (Å²) >= 11 is 3.16. The third-order valence-electron chi connectivity index (χ3n) is 2.03. The first-order chi connectivity index (χ1) is 4.95. The van der Waals surface area contributed by atoms with Crippen LogP contribution >= 0.6 is 24.1 Å². The van der Waals surface area contributed by atoms with Crippen LogP contribution in [-0.4, -0.2) is 16.6 Å². The van der Waals surface area contributed by atoms with E-state index in [4.69, 9.17) is 8.37 Å². The lowest BCUT2D eigenvalue weighted by atomic mass is 10.0. The normalized spacial score (nSPS) is 48.8. The van der Waals surface area contributed by atoms with Gasteiger partial charge >= 0.3 is 0 Å². The van der Waals surface area contributed by atoms with Crippen molar-refractivity contribution in [2.75, 3.05) is 0 Å². The Hall–Kier alpha value is 0.200. The lowest BCUT2D eigenvalue weighted by molar-refractivity contribution is 0.151. The molecule has 2 aliphatic heterocycles. The van der Waals surface area contributed by atoms with Crippen LogP contribution < -0.4 is 0 Å². The highest BCUT2D eigenvalue weighted by molar-refractivity contribution is 7.98. The molecule has 0 amide bonds. The maximum atomic E-state index is 5.34. The lowest BCUT2D eigenvalue weighted by Gasteiger charge is -2.46. The quantitative estimate of drug-likeness (QED) is 0.520. The summed E-state index contributed by atoms with van der Waals surface area (Å²) < 4.78 is 10.5.